The predicted molar refractivity (Wildman–Crippen MR) is 96.5 cm³/mol. The zero-order valence-electron chi connectivity index (χ0n) is 14.4. The maximum Gasteiger partial charge on any atom is 0.407 e. The average molecular weight is 337 g/mol. The Balaban J connectivity index is 1.47. The van der Waals surface area contributed by atoms with Crippen LogP contribution in [0.4, 0.5) is 4.79 Å². The lowest BCUT2D eigenvalue weighted by atomic mass is 9.98. The molecule has 1 saturated carbocycles. The first-order valence-corrected chi connectivity index (χ1v) is 8.90. The molecule has 0 saturated heterocycles. The summed E-state index contributed by atoms with van der Waals surface area (Å²) in [4.78, 5) is 12.2. The molecule has 4 rings (SSSR count). The molecule has 0 heterocycles. The van der Waals surface area contributed by atoms with Crippen molar-refractivity contribution >= 4 is 6.09 Å². The molecule has 2 aliphatic rings. The van der Waals surface area contributed by atoms with E-state index in [2.05, 4.69) is 29.6 Å². The van der Waals surface area contributed by atoms with Gasteiger partial charge in [0.1, 0.15) is 6.61 Å². The van der Waals surface area contributed by atoms with Crippen molar-refractivity contribution in [3.63, 3.8) is 0 Å². The van der Waals surface area contributed by atoms with Crippen LogP contribution in [-0.2, 0) is 4.74 Å². The normalized spacial score (nSPS) is 24.6. The largest absolute Gasteiger partial charge is 0.449 e. The smallest absolute Gasteiger partial charge is 0.407 e. The Morgan fingerprint density at radius 3 is 2.32 bits per heavy atom. The lowest BCUT2D eigenvalue weighted by molar-refractivity contribution is 0.0362. The third-order valence-electron chi connectivity index (χ3n) is 5.56. The Kier molecular flexibility index (Phi) is 4.00. The molecule has 0 aliphatic heterocycles. The fourth-order valence-corrected chi connectivity index (χ4v) is 4.16. The predicted octanol–water partition coefficient (Wildman–Crippen LogP) is 3.83. The molecule has 0 aromatic heterocycles. The number of nitrogens with one attached hydrogen (secondary N) is 1. The highest BCUT2D eigenvalue weighted by atomic mass is 16.5. The van der Waals surface area contributed by atoms with Crippen LogP contribution in [0.1, 0.15) is 43.2 Å². The average Bonchev–Trinajstić information content (AvgIpc) is 3.10. The summed E-state index contributed by atoms with van der Waals surface area (Å²) >= 11 is 0. The molecule has 2 N–H and O–H groups in total. The number of rotatable bonds is 3. The molecule has 2 atom stereocenters. The third kappa shape index (κ3) is 2.91. The molecule has 2 aromatic carbocycles. The molecule has 2 aromatic rings. The number of benzene rings is 2. The molecule has 4 heteroatoms. The minimum atomic E-state index is -0.842. The van der Waals surface area contributed by atoms with E-state index in [9.17, 15) is 9.90 Å². The number of amides is 1. The number of ether oxygens (including phenoxy) is 1. The minimum absolute atomic E-state index is 0.0576. The van der Waals surface area contributed by atoms with Gasteiger partial charge in [0, 0.05) is 5.92 Å². The van der Waals surface area contributed by atoms with E-state index in [1.54, 1.807) is 6.92 Å². The Morgan fingerprint density at radius 2 is 1.76 bits per heavy atom. The van der Waals surface area contributed by atoms with Crippen molar-refractivity contribution in [3.05, 3.63) is 59.7 Å². The van der Waals surface area contributed by atoms with E-state index in [1.165, 1.54) is 22.3 Å². The molecular weight excluding hydrogens is 314 g/mol. The molecule has 0 radical (unpaired) electrons. The van der Waals surface area contributed by atoms with Crippen LogP contribution in [0.3, 0.4) is 0 Å². The molecule has 4 nitrogen and oxygen atoms in total. The van der Waals surface area contributed by atoms with Gasteiger partial charge in [0.25, 0.3) is 0 Å². The van der Waals surface area contributed by atoms with Gasteiger partial charge in [-0.05, 0) is 48.4 Å². The summed E-state index contributed by atoms with van der Waals surface area (Å²) in [5.74, 6) is 0.0576. The Labute approximate surface area is 147 Å². The second kappa shape index (κ2) is 6.19. The number of aliphatic hydroxyl groups is 1. The first-order chi connectivity index (χ1) is 12.1. The second-order valence-corrected chi connectivity index (χ2v) is 7.27. The van der Waals surface area contributed by atoms with Crippen molar-refractivity contribution in [1.29, 1.82) is 0 Å². The van der Waals surface area contributed by atoms with Crippen molar-refractivity contribution in [2.45, 2.75) is 43.7 Å². The maximum atomic E-state index is 12.2. The van der Waals surface area contributed by atoms with Crippen LogP contribution in [0.15, 0.2) is 48.5 Å². The van der Waals surface area contributed by atoms with Crippen LogP contribution in [0.2, 0.25) is 0 Å². The van der Waals surface area contributed by atoms with E-state index in [1.807, 2.05) is 24.3 Å². The van der Waals surface area contributed by atoms with Crippen LogP contribution in [0, 0.1) is 0 Å². The summed E-state index contributed by atoms with van der Waals surface area (Å²) < 4.78 is 5.53. The molecule has 2 unspecified atom stereocenters. The standard InChI is InChI=1S/C21H23NO3/c1-21(24)12-6-11-19(21)22-20(23)25-13-18-16-9-4-2-7-14(16)15-8-3-5-10-17(15)18/h2-5,7-10,18-19,24H,6,11-13H2,1H3,(H,22,23). The van der Waals surface area contributed by atoms with Gasteiger partial charge in [-0.25, -0.2) is 4.79 Å². The van der Waals surface area contributed by atoms with Gasteiger partial charge in [-0.1, -0.05) is 48.5 Å². The summed E-state index contributed by atoms with van der Waals surface area (Å²) in [6.45, 7) is 2.07. The van der Waals surface area contributed by atoms with Crippen molar-refractivity contribution in [2.75, 3.05) is 6.61 Å². The summed E-state index contributed by atoms with van der Waals surface area (Å²) in [7, 11) is 0. The van der Waals surface area contributed by atoms with E-state index < -0.39 is 11.7 Å². The SMILES string of the molecule is CC1(O)CCCC1NC(=O)OCC1c2ccccc2-c2ccccc21. The number of hydrogen-bond acceptors (Lipinski definition) is 3. The van der Waals surface area contributed by atoms with Crippen molar-refractivity contribution in [3.8, 4) is 11.1 Å². The molecule has 1 fully saturated rings. The van der Waals surface area contributed by atoms with Crippen LogP contribution in [0.25, 0.3) is 11.1 Å². The van der Waals surface area contributed by atoms with Gasteiger partial charge in [0.15, 0.2) is 0 Å². The fourth-order valence-electron chi connectivity index (χ4n) is 4.16. The highest BCUT2D eigenvalue weighted by Crippen LogP contribution is 2.44. The van der Waals surface area contributed by atoms with Gasteiger partial charge in [0.2, 0.25) is 0 Å². The topological polar surface area (TPSA) is 58.6 Å². The second-order valence-electron chi connectivity index (χ2n) is 7.27. The quantitative estimate of drug-likeness (QED) is 0.895. The first-order valence-electron chi connectivity index (χ1n) is 8.90. The lowest BCUT2D eigenvalue weighted by Gasteiger charge is -2.26. The molecular formula is C21H23NO3. The summed E-state index contributed by atoms with van der Waals surface area (Å²) in [6, 6.07) is 16.3. The van der Waals surface area contributed by atoms with E-state index >= 15 is 0 Å². The first kappa shape index (κ1) is 16.2. The molecule has 1 amide bonds. The Bertz CT molecular complexity index is 754. The van der Waals surface area contributed by atoms with Crippen LogP contribution in [-0.4, -0.2) is 29.4 Å². The molecule has 25 heavy (non-hydrogen) atoms. The number of fused-ring (bicyclic) bond motifs is 3. The van der Waals surface area contributed by atoms with Gasteiger partial charge < -0.3 is 15.2 Å². The minimum Gasteiger partial charge on any atom is -0.449 e. The highest BCUT2D eigenvalue weighted by molar-refractivity contribution is 5.79. The zero-order chi connectivity index (χ0) is 17.4. The zero-order valence-corrected chi connectivity index (χ0v) is 14.4. The number of alkyl carbamates (subject to hydrolysis) is 1. The third-order valence-corrected chi connectivity index (χ3v) is 5.56. The maximum absolute atomic E-state index is 12.2. The van der Waals surface area contributed by atoms with E-state index in [4.69, 9.17) is 4.74 Å². The van der Waals surface area contributed by atoms with Crippen molar-refractivity contribution < 1.29 is 14.6 Å². The van der Waals surface area contributed by atoms with Crippen LogP contribution < -0.4 is 5.32 Å². The van der Waals surface area contributed by atoms with E-state index in [0.29, 0.717) is 13.0 Å². The number of carbonyl (C=O) groups is 1. The summed E-state index contributed by atoms with van der Waals surface area (Å²) in [6.07, 6.45) is 1.97. The molecule has 130 valence electrons. The van der Waals surface area contributed by atoms with E-state index in [0.717, 1.165) is 12.8 Å². The van der Waals surface area contributed by atoms with Crippen LogP contribution in [0.5, 0.6) is 0 Å². The van der Waals surface area contributed by atoms with Crippen LogP contribution >= 0.6 is 0 Å². The highest BCUT2D eigenvalue weighted by Gasteiger charge is 2.38. The van der Waals surface area contributed by atoms with Gasteiger partial charge in [-0.15, -0.1) is 0 Å². The van der Waals surface area contributed by atoms with Gasteiger partial charge >= 0.3 is 6.09 Å². The lowest BCUT2D eigenvalue weighted by Crippen LogP contribution is -2.47. The molecule has 0 spiro atoms. The van der Waals surface area contributed by atoms with Gasteiger partial charge in [0.05, 0.1) is 11.6 Å². The van der Waals surface area contributed by atoms with Gasteiger partial charge in [-0.2, -0.15) is 0 Å². The van der Waals surface area contributed by atoms with Gasteiger partial charge in [-0.3, -0.25) is 0 Å². The fraction of sp³-hybridized carbons (Fsp3) is 0.381. The monoisotopic (exact) mass is 337 g/mol. The molecule has 2 aliphatic carbocycles. The molecule has 0 bridgehead atoms. The van der Waals surface area contributed by atoms with E-state index in [-0.39, 0.29) is 12.0 Å². The summed E-state index contributed by atoms with van der Waals surface area (Å²) in [5.41, 5.74) is 3.98. The Hall–Kier alpha value is -2.33. The summed E-state index contributed by atoms with van der Waals surface area (Å²) in [5, 5.41) is 13.1. The van der Waals surface area contributed by atoms with Crippen molar-refractivity contribution in [2.24, 2.45) is 0 Å². The number of hydrogen-bond donors (Lipinski definition) is 2. The number of carbonyl (C=O) groups excluding carboxylic acids is 1. The van der Waals surface area contributed by atoms with Crippen molar-refractivity contribution in [1.82, 2.24) is 5.32 Å². The Morgan fingerprint density at radius 1 is 1.16 bits per heavy atom.